The molecule has 0 radical (unpaired) electrons. The summed E-state index contributed by atoms with van der Waals surface area (Å²) in [5, 5.41) is 0. The van der Waals surface area contributed by atoms with Crippen LogP contribution in [0.4, 0.5) is 0 Å². The number of aryl methyl sites for hydroxylation is 1. The first-order valence-electron chi connectivity index (χ1n) is 11.6. The lowest BCUT2D eigenvalue weighted by atomic mass is 10.1. The van der Waals surface area contributed by atoms with Crippen LogP contribution in [0.2, 0.25) is 0 Å². The Morgan fingerprint density at radius 3 is 2.72 bits per heavy atom. The number of ether oxygens (including phenoxy) is 1. The third-order valence-corrected chi connectivity index (χ3v) is 6.28. The van der Waals surface area contributed by atoms with E-state index in [4.69, 9.17) is 9.72 Å². The Balaban J connectivity index is 1.54. The van der Waals surface area contributed by atoms with Crippen LogP contribution in [0.1, 0.15) is 46.6 Å². The number of imidazole rings is 1. The number of carbonyl (C=O) groups is 1. The minimum Gasteiger partial charge on any atom is -0.377 e. The maximum Gasteiger partial charge on any atom is 0.274 e. The van der Waals surface area contributed by atoms with Gasteiger partial charge in [-0.3, -0.25) is 9.69 Å². The Kier molecular flexibility index (Phi) is 7.22. The molecule has 6 heteroatoms. The smallest absolute Gasteiger partial charge is 0.274 e. The van der Waals surface area contributed by atoms with Gasteiger partial charge in [-0.05, 0) is 56.8 Å². The first-order valence-corrected chi connectivity index (χ1v) is 11.6. The predicted molar refractivity (Wildman–Crippen MR) is 127 cm³/mol. The quantitative estimate of drug-likeness (QED) is 0.539. The Labute approximate surface area is 190 Å². The maximum absolute atomic E-state index is 13.4. The van der Waals surface area contributed by atoms with Gasteiger partial charge in [-0.15, -0.1) is 0 Å². The first-order chi connectivity index (χ1) is 15.5. The Hall–Kier alpha value is -2.70. The minimum absolute atomic E-state index is 0.0265. The number of aromatic nitrogens is 2. The highest BCUT2D eigenvalue weighted by Crippen LogP contribution is 2.20. The summed E-state index contributed by atoms with van der Waals surface area (Å²) in [6.07, 6.45) is 6.58. The van der Waals surface area contributed by atoms with E-state index in [1.807, 2.05) is 50.5 Å². The highest BCUT2D eigenvalue weighted by atomic mass is 16.5. The molecule has 0 bridgehead atoms. The number of pyridine rings is 1. The molecule has 1 saturated heterocycles. The van der Waals surface area contributed by atoms with Gasteiger partial charge in [0, 0.05) is 39.5 Å². The molecule has 1 atom stereocenters. The number of likely N-dealkylation sites (N-methyl/N-ethyl adjacent to an activating group) is 2. The second kappa shape index (κ2) is 10.3. The molecule has 32 heavy (non-hydrogen) atoms. The predicted octanol–water partition coefficient (Wildman–Crippen LogP) is 3.96. The van der Waals surface area contributed by atoms with Gasteiger partial charge in [-0.25, -0.2) is 4.98 Å². The molecule has 1 unspecified atom stereocenters. The first kappa shape index (κ1) is 22.5. The average Bonchev–Trinajstić information content (AvgIpc) is 3.17. The van der Waals surface area contributed by atoms with Crippen molar-refractivity contribution in [1.82, 2.24) is 19.2 Å². The molecule has 170 valence electrons. The standard InChI is InChI=1S/C26H34N4O2/c1-20-10-9-15-30-23(19-28(2)18-22-13-7-8-17-32-22)24(27-25(20)30)26(31)29(3)16-14-21-11-5-4-6-12-21/h4-6,9-12,15,22H,7-8,13-14,16-19H2,1-3H3. The number of rotatable bonds is 8. The summed E-state index contributed by atoms with van der Waals surface area (Å²) in [4.78, 5) is 22.3. The zero-order chi connectivity index (χ0) is 22.5. The summed E-state index contributed by atoms with van der Waals surface area (Å²) in [7, 11) is 3.96. The van der Waals surface area contributed by atoms with E-state index in [0.29, 0.717) is 18.8 Å². The fourth-order valence-corrected chi connectivity index (χ4v) is 4.42. The highest BCUT2D eigenvalue weighted by Gasteiger charge is 2.24. The molecule has 2 aromatic heterocycles. The van der Waals surface area contributed by atoms with Crippen LogP contribution in [0.3, 0.4) is 0 Å². The van der Waals surface area contributed by atoms with Gasteiger partial charge in [0.15, 0.2) is 5.69 Å². The molecule has 1 aromatic carbocycles. The van der Waals surface area contributed by atoms with Gasteiger partial charge in [0.1, 0.15) is 5.65 Å². The summed E-state index contributed by atoms with van der Waals surface area (Å²) >= 11 is 0. The van der Waals surface area contributed by atoms with Crippen molar-refractivity contribution in [3.8, 4) is 0 Å². The monoisotopic (exact) mass is 434 g/mol. The van der Waals surface area contributed by atoms with Crippen molar-refractivity contribution in [2.75, 3.05) is 33.8 Å². The van der Waals surface area contributed by atoms with Gasteiger partial charge < -0.3 is 14.0 Å². The number of hydrogen-bond acceptors (Lipinski definition) is 4. The molecule has 3 aromatic rings. The molecular formula is C26H34N4O2. The molecule has 0 saturated carbocycles. The van der Waals surface area contributed by atoms with Crippen molar-refractivity contribution < 1.29 is 9.53 Å². The van der Waals surface area contributed by atoms with Gasteiger partial charge in [-0.2, -0.15) is 0 Å². The van der Waals surface area contributed by atoms with Crippen molar-refractivity contribution in [2.45, 2.75) is 45.3 Å². The van der Waals surface area contributed by atoms with Crippen LogP contribution in [0.25, 0.3) is 5.65 Å². The van der Waals surface area contributed by atoms with Crippen LogP contribution in [0, 0.1) is 6.92 Å². The third-order valence-electron chi connectivity index (χ3n) is 6.28. The molecule has 6 nitrogen and oxygen atoms in total. The zero-order valence-electron chi connectivity index (χ0n) is 19.5. The van der Waals surface area contributed by atoms with Crippen LogP contribution < -0.4 is 0 Å². The van der Waals surface area contributed by atoms with Crippen molar-refractivity contribution >= 4 is 11.6 Å². The largest absolute Gasteiger partial charge is 0.377 e. The topological polar surface area (TPSA) is 50.1 Å². The Bertz CT molecular complexity index is 1040. The lowest BCUT2D eigenvalue weighted by Gasteiger charge is -2.27. The van der Waals surface area contributed by atoms with Crippen LogP contribution in [-0.4, -0.2) is 65.0 Å². The summed E-state index contributed by atoms with van der Waals surface area (Å²) in [6.45, 7) is 5.05. The fraction of sp³-hybridized carbons (Fsp3) is 0.462. The second-order valence-electron chi connectivity index (χ2n) is 8.94. The van der Waals surface area contributed by atoms with Crippen molar-refractivity contribution in [3.63, 3.8) is 0 Å². The molecule has 1 amide bonds. The molecule has 4 rings (SSSR count). The molecule has 1 aliphatic rings. The number of nitrogens with zero attached hydrogens (tertiary/aromatic N) is 4. The number of fused-ring (bicyclic) bond motifs is 1. The van der Waals surface area contributed by atoms with Crippen LogP contribution >= 0.6 is 0 Å². The van der Waals surface area contributed by atoms with E-state index in [9.17, 15) is 4.79 Å². The van der Waals surface area contributed by atoms with Gasteiger partial charge in [-0.1, -0.05) is 36.4 Å². The van der Waals surface area contributed by atoms with E-state index in [0.717, 1.165) is 49.3 Å². The number of carbonyl (C=O) groups excluding carboxylic acids is 1. The number of benzene rings is 1. The molecule has 0 aliphatic carbocycles. The van der Waals surface area contributed by atoms with Crippen molar-refractivity contribution in [1.29, 1.82) is 0 Å². The summed E-state index contributed by atoms with van der Waals surface area (Å²) < 4.78 is 8.00. The molecule has 0 spiro atoms. The molecule has 3 heterocycles. The van der Waals surface area contributed by atoms with Gasteiger partial charge in [0.25, 0.3) is 5.91 Å². The minimum atomic E-state index is -0.0265. The van der Waals surface area contributed by atoms with E-state index in [2.05, 4.69) is 28.5 Å². The average molecular weight is 435 g/mol. The van der Waals surface area contributed by atoms with E-state index in [1.165, 1.54) is 12.0 Å². The summed E-state index contributed by atoms with van der Waals surface area (Å²) in [5.41, 5.74) is 4.64. The van der Waals surface area contributed by atoms with Gasteiger partial charge in [0.05, 0.1) is 11.8 Å². The number of amides is 1. The zero-order valence-corrected chi connectivity index (χ0v) is 19.5. The summed E-state index contributed by atoms with van der Waals surface area (Å²) in [6, 6.07) is 14.3. The summed E-state index contributed by atoms with van der Waals surface area (Å²) in [5.74, 6) is -0.0265. The van der Waals surface area contributed by atoms with Crippen molar-refractivity contribution in [3.05, 3.63) is 71.2 Å². The lowest BCUT2D eigenvalue weighted by Crippen LogP contribution is -2.34. The fourth-order valence-electron chi connectivity index (χ4n) is 4.42. The highest BCUT2D eigenvalue weighted by molar-refractivity contribution is 5.94. The Morgan fingerprint density at radius 2 is 1.97 bits per heavy atom. The van der Waals surface area contributed by atoms with Crippen molar-refractivity contribution in [2.24, 2.45) is 0 Å². The van der Waals surface area contributed by atoms with E-state index < -0.39 is 0 Å². The maximum atomic E-state index is 13.4. The van der Waals surface area contributed by atoms with Crippen LogP contribution in [-0.2, 0) is 17.7 Å². The lowest BCUT2D eigenvalue weighted by molar-refractivity contribution is -0.00280. The molecule has 0 N–H and O–H groups in total. The van der Waals surface area contributed by atoms with Gasteiger partial charge in [0.2, 0.25) is 0 Å². The second-order valence-corrected chi connectivity index (χ2v) is 8.94. The van der Waals surface area contributed by atoms with E-state index in [1.54, 1.807) is 4.90 Å². The SMILES string of the molecule is Cc1cccn2c(CN(C)CC3CCCCO3)c(C(=O)N(C)CCc3ccccc3)nc12. The van der Waals surface area contributed by atoms with Crippen LogP contribution in [0.15, 0.2) is 48.7 Å². The molecular weight excluding hydrogens is 400 g/mol. The van der Waals surface area contributed by atoms with Crippen LogP contribution in [0.5, 0.6) is 0 Å². The molecule has 1 aliphatic heterocycles. The third kappa shape index (κ3) is 5.19. The Morgan fingerprint density at radius 1 is 1.16 bits per heavy atom. The number of hydrogen-bond donors (Lipinski definition) is 0. The van der Waals surface area contributed by atoms with Gasteiger partial charge >= 0.3 is 0 Å². The molecule has 1 fully saturated rings. The van der Waals surface area contributed by atoms with E-state index >= 15 is 0 Å². The van der Waals surface area contributed by atoms with E-state index in [-0.39, 0.29) is 12.0 Å². The normalized spacial score (nSPS) is 16.6.